The van der Waals surface area contributed by atoms with Gasteiger partial charge in [0.2, 0.25) is 5.91 Å². The first-order chi connectivity index (χ1) is 9.66. The quantitative estimate of drug-likeness (QED) is 0.498. The topological polar surface area (TPSA) is 69.2 Å². The molecule has 0 bridgehead atoms. The van der Waals surface area contributed by atoms with E-state index in [1.54, 1.807) is 0 Å². The molecule has 0 saturated heterocycles. The van der Waals surface area contributed by atoms with E-state index >= 15 is 0 Å². The minimum Gasteiger partial charge on any atom is -0.550 e. The van der Waals surface area contributed by atoms with Crippen LogP contribution in [0.4, 0.5) is 0 Å². The van der Waals surface area contributed by atoms with E-state index in [0.717, 1.165) is 25.7 Å². The average molecular weight is 284 g/mol. The van der Waals surface area contributed by atoms with E-state index in [2.05, 4.69) is 12.2 Å². The lowest BCUT2D eigenvalue weighted by atomic mass is 10.1. The summed E-state index contributed by atoms with van der Waals surface area (Å²) in [4.78, 5) is 21.7. The summed E-state index contributed by atoms with van der Waals surface area (Å²) in [5.41, 5.74) is 0. The summed E-state index contributed by atoms with van der Waals surface area (Å²) < 4.78 is 0. The Labute approximate surface area is 123 Å². The van der Waals surface area contributed by atoms with E-state index < -0.39 is 5.97 Å². The van der Waals surface area contributed by atoms with Crippen LogP contribution in [-0.2, 0) is 9.59 Å². The second kappa shape index (κ2) is 14.4. The van der Waals surface area contributed by atoms with E-state index in [1.165, 1.54) is 32.1 Å². The summed E-state index contributed by atoms with van der Waals surface area (Å²) in [6.07, 6.45) is 11.6. The van der Waals surface area contributed by atoms with Crippen molar-refractivity contribution in [2.75, 3.05) is 6.54 Å². The Hall–Kier alpha value is -1.06. The predicted octanol–water partition coefficient (Wildman–Crippen LogP) is 2.55. The molecule has 0 aromatic rings. The van der Waals surface area contributed by atoms with Gasteiger partial charge in [-0.25, -0.2) is 0 Å². The van der Waals surface area contributed by atoms with Crippen LogP contribution in [0, 0.1) is 0 Å². The lowest BCUT2D eigenvalue weighted by molar-refractivity contribution is -0.305. The zero-order valence-electron chi connectivity index (χ0n) is 12.9. The fourth-order valence-electron chi connectivity index (χ4n) is 2.13. The molecule has 0 fully saturated rings. The van der Waals surface area contributed by atoms with Crippen LogP contribution >= 0.6 is 0 Å². The van der Waals surface area contributed by atoms with E-state index in [-0.39, 0.29) is 12.3 Å². The summed E-state index contributed by atoms with van der Waals surface area (Å²) in [5, 5.41) is 13.1. The number of rotatable bonds is 14. The monoisotopic (exact) mass is 284 g/mol. The number of aliphatic carboxylic acids is 1. The SMILES string of the molecule is CCCCCCCCCC(=O)NCCCCCC(=O)[O-]. The molecule has 0 aliphatic heterocycles. The first kappa shape index (κ1) is 18.9. The molecular weight excluding hydrogens is 254 g/mol. The maximum Gasteiger partial charge on any atom is 0.219 e. The zero-order valence-corrected chi connectivity index (χ0v) is 12.9. The number of unbranched alkanes of at least 4 members (excludes halogenated alkanes) is 8. The van der Waals surface area contributed by atoms with Crippen LogP contribution in [0.25, 0.3) is 0 Å². The maximum atomic E-state index is 11.5. The van der Waals surface area contributed by atoms with Crippen molar-refractivity contribution in [3.63, 3.8) is 0 Å². The van der Waals surface area contributed by atoms with Crippen LogP contribution < -0.4 is 10.4 Å². The van der Waals surface area contributed by atoms with E-state index in [4.69, 9.17) is 0 Å². The Bertz CT molecular complexity index is 254. The van der Waals surface area contributed by atoms with Gasteiger partial charge in [0.15, 0.2) is 0 Å². The molecular formula is C16H30NO3-. The molecule has 0 heterocycles. The molecule has 118 valence electrons. The van der Waals surface area contributed by atoms with Crippen molar-refractivity contribution >= 4 is 11.9 Å². The van der Waals surface area contributed by atoms with Crippen molar-refractivity contribution in [1.82, 2.24) is 5.32 Å². The molecule has 1 amide bonds. The molecule has 0 aromatic carbocycles. The third-order valence-electron chi connectivity index (χ3n) is 3.39. The van der Waals surface area contributed by atoms with E-state index in [1.807, 2.05) is 0 Å². The van der Waals surface area contributed by atoms with Crippen molar-refractivity contribution in [2.45, 2.75) is 84.0 Å². The van der Waals surface area contributed by atoms with Gasteiger partial charge in [0.1, 0.15) is 0 Å². The van der Waals surface area contributed by atoms with Crippen LogP contribution in [-0.4, -0.2) is 18.4 Å². The van der Waals surface area contributed by atoms with Crippen LogP contribution in [0.2, 0.25) is 0 Å². The molecule has 0 aliphatic carbocycles. The van der Waals surface area contributed by atoms with Gasteiger partial charge >= 0.3 is 0 Å². The average Bonchev–Trinajstić information content (AvgIpc) is 2.41. The number of carbonyl (C=O) groups excluding carboxylic acids is 2. The van der Waals surface area contributed by atoms with Crippen molar-refractivity contribution in [2.24, 2.45) is 0 Å². The van der Waals surface area contributed by atoms with Crippen LogP contribution in [0.1, 0.15) is 84.0 Å². The minimum absolute atomic E-state index is 0.117. The highest BCUT2D eigenvalue weighted by Crippen LogP contribution is 2.08. The molecule has 0 atom stereocenters. The van der Waals surface area contributed by atoms with Crippen LogP contribution in [0.15, 0.2) is 0 Å². The third kappa shape index (κ3) is 15.0. The molecule has 0 aromatic heterocycles. The van der Waals surface area contributed by atoms with E-state index in [9.17, 15) is 14.7 Å². The number of amides is 1. The van der Waals surface area contributed by atoms with Crippen molar-refractivity contribution < 1.29 is 14.7 Å². The molecule has 0 saturated carbocycles. The molecule has 0 unspecified atom stereocenters. The lowest BCUT2D eigenvalue weighted by Crippen LogP contribution is -2.24. The fourth-order valence-corrected chi connectivity index (χ4v) is 2.13. The molecule has 0 spiro atoms. The Morgan fingerprint density at radius 3 is 2.00 bits per heavy atom. The highest BCUT2D eigenvalue weighted by molar-refractivity contribution is 5.75. The number of carbonyl (C=O) groups is 2. The Morgan fingerprint density at radius 2 is 1.35 bits per heavy atom. The largest absolute Gasteiger partial charge is 0.550 e. The Morgan fingerprint density at radius 1 is 0.800 bits per heavy atom. The normalized spacial score (nSPS) is 10.4. The highest BCUT2D eigenvalue weighted by Gasteiger charge is 2.00. The maximum absolute atomic E-state index is 11.5. The van der Waals surface area contributed by atoms with Gasteiger partial charge in [-0.15, -0.1) is 0 Å². The van der Waals surface area contributed by atoms with Gasteiger partial charge in [-0.2, -0.15) is 0 Å². The second-order valence-electron chi connectivity index (χ2n) is 5.40. The molecule has 4 heteroatoms. The molecule has 4 nitrogen and oxygen atoms in total. The van der Waals surface area contributed by atoms with Crippen LogP contribution in [0.3, 0.4) is 0 Å². The molecule has 0 rings (SSSR count). The summed E-state index contributed by atoms with van der Waals surface area (Å²) >= 11 is 0. The Kier molecular flexibility index (Phi) is 13.6. The summed E-state index contributed by atoms with van der Waals surface area (Å²) in [7, 11) is 0. The third-order valence-corrected chi connectivity index (χ3v) is 3.39. The molecule has 1 N–H and O–H groups in total. The van der Waals surface area contributed by atoms with Gasteiger partial charge in [-0.3, -0.25) is 4.79 Å². The van der Waals surface area contributed by atoms with Crippen LogP contribution in [0.5, 0.6) is 0 Å². The minimum atomic E-state index is -0.993. The predicted molar refractivity (Wildman–Crippen MR) is 79.1 cm³/mol. The summed E-state index contributed by atoms with van der Waals surface area (Å²) in [5.74, 6) is -0.869. The fraction of sp³-hybridized carbons (Fsp3) is 0.875. The van der Waals surface area contributed by atoms with Crippen molar-refractivity contribution in [3.8, 4) is 0 Å². The Balaban J connectivity index is 3.19. The van der Waals surface area contributed by atoms with Crippen molar-refractivity contribution in [1.29, 1.82) is 0 Å². The van der Waals surface area contributed by atoms with Gasteiger partial charge in [0, 0.05) is 18.9 Å². The molecule has 0 radical (unpaired) electrons. The van der Waals surface area contributed by atoms with Gasteiger partial charge in [0.05, 0.1) is 0 Å². The number of hydrogen-bond acceptors (Lipinski definition) is 3. The second-order valence-corrected chi connectivity index (χ2v) is 5.40. The van der Waals surface area contributed by atoms with Gasteiger partial charge in [-0.05, 0) is 25.7 Å². The first-order valence-corrected chi connectivity index (χ1v) is 8.13. The summed E-state index contributed by atoms with van der Waals surface area (Å²) in [6, 6.07) is 0. The zero-order chi connectivity index (χ0) is 15.1. The number of nitrogens with one attached hydrogen (secondary N) is 1. The number of carboxylic acids is 1. The van der Waals surface area contributed by atoms with Gasteiger partial charge in [-0.1, -0.05) is 51.9 Å². The molecule has 20 heavy (non-hydrogen) atoms. The number of hydrogen-bond donors (Lipinski definition) is 1. The van der Waals surface area contributed by atoms with Gasteiger partial charge < -0.3 is 15.2 Å². The van der Waals surface area contributed by atoms with E-state index in [0.29, 0.717) is 19.4 Å². The molecule has 0 aliphatic rings. The standard InChI is InChI=1S/C16H31NO3/c1-2-3-4-5-6-7-9-12-15(18)17-14-11-8-10-13-16(19)20/h2-14H2,1H3,(H,17,18)(H,19,20)/p-1. The van der Waals surface area contributed by atoms with Crippen molar-refractivity contribution in [3.05, 3.63) is 0 Å². The highest BCUT2D eigenvalue weighted by atomic mass is 16.4. The lowest BCUT2D eigenvalue weighted by Gasteiger charge is -2.06. The smallest absolute Gasteiger partial charge is 0.219 e. The van der Waals surface area contributed by atoms with Gasteiger partial charge in [0.25, 0.3) is 0 Å². The first-order valence-electron chi connectivity index (χ1n) is 8.13. The summed E-state index contributed by atoms with van der Waals surface area (Å²) in [6.45, 7) is 2.87. The number of carboxylic acid groups (broad SMARTS) is 1.